The SMILES string of the molecule is O=CNCc1cc(-c2ccn(-c3ccc4c(c3)CCCO4)n2)ccc1Cl. The number of nitrogens with zero attached hydrogens (tertiary/aromatic N) is 2. The van der Waals surface area contributed by atoms with Crippen molar-refractivity contribution in [1.29, 1.82) is 0 Å². The van der Waals surface area contributed by atoms with Gasteiger partial charge in [-0.2, -0.15) is 5.10 Å². The van der Waals surface area contributed by atoms with E-state index >= 15 is 0 Å². The van der Waals surface area contributed by atoms with Crippen LogP contribution in [0, 0.1) is 0 Å². The molecular weight excluding hydrogens is 350 g/mol. The fraction of sp³-hybridized carbons (Fsp3) is 0.200. The minimum atomic E-state index is 0.391. The van der Waals surface area contributed by atoms with Crippen molar-refractivity contribution in [3.8, 4) is 22.7 Å². The average Bonchev–Trinajstić information content (AvgIpc) is 3.17. The third-order valence-electron chi connectivity index (χ3n) is 4.46. The molecule has 1 aromatic heterocycles. The van der Waals surface area contributed by atoms with Crippen LogP contribution in [0.15, 0.2) is 48.7 Å². The molecule has 0 aliphatic carbocycles. The van der Waals surface area contributed by atoms with Crippen LogP contribution in [0.2, 0.25) is 5.02 Å². The molecule has 2 aromatic carbocycles. The van der Waals surface area contributed by atoms with E-state index in [4.69, 9.17) is 21.4 Å². The number of aromatic nitrogens is 2. The normalized spacial score (nSPS) is 13.0. The van der Waals surface area contributed by atoms with E-state index in [0.29, 0.717) is 18.0 Å². The Balaban J connectivity index is 1.63. The predicted molar refractivity (Wildman–Crippen MR) is 101 cm³/mol. The molecule has 0 radical (unpaired) electrons. The molecule has 6 heteroatoms. The van der Waals surface area contributed by atoms with Gasteiger partial charge in [-0.1, -0.05) is 17.7 Å². The van der Waals surface area contributed by atoms with Crippen molar-refractivity contribution >= 4 is 18.0 Å². The second kappa shape index (κ2) is 7.22. The Kier molecular flexibility index (Phi) is 4.63. The number of benzene rings is 2. The molecule has 3 aromatic rings. The summed E-state index contributed by atoms with van der Waals surface area (Å²) in [5.41, 5.74) is 4.90. The summed E-state index contributed by atoms with van der Waals surface area (Å²) in [6.07, 6.45) is 4.68. The summed E-state index contributed by atoms with van der Waals surface area (Å²) in [7, 11) is 0. The van der Waals surface area contributed by atoms with Crippen LogP contribution in [0.4, 0.5) is 0 Å². The summed E-state index contributed by atoms with van der Waals surface area (Å²) in [6.45, 7) is 1.18. The van der Waals surface area contributed by atoms with Crippen LogP contribution in [-0.2, 0) is 17.8 Å². The van der Waals surface area contributed by atoms with E-state index in [-0.39, 0.29) is 0 Å². The molecule has 4 rings (SSSR count). The van der Waals surface area contributed by atoms with Crippen LogP contribution in [0.1, 0.15) is 17.5 Å². The second-order valence-corrected chi connectivity index (χ2v) is 6.60. The summed E-state index contributed by atoms with van der Waals surface area (Å²) < 4.78 is 7.54. The van der Waals surface area contributed by atoms with Gasteiger partial charge in [-0.05, 0) is 60.4 Å². The largest absolute Gasteiger partial charge is 0.493 e. The lowest BCUT2D eigenvalue weighted by molar-refractivity contribution is -0.109. The number of carbonyl (C=O) groups excluding carboxylic acids is 1. The molecule has 1 amide bonds. The molecule has 2 heterocycles. The maximum atomic E-state index is 10.5. The Bertz CT molecular complexity index is 952. The van der Waals surface area contributed by atoms with Crippen molar-refractivity contribution in [2.45, 2.75) is 19.4 Å². The maximum Gasteiger partial charge on any atom is 0.207 e. The monoisotopic (exact) mass is 367 g/mol. The fourth-order valence-corrected chi connectivity index (χ4v) is 3.32. The Hall–Kier alpha value is -2.79. The summed E-state index contributed by atoms with van der Waals surface area (Å²) >= 11 is 6.19. The van der Waals surface area contributed by atoms with Crippen molar-refractivity contribution < 1.29 is 9.53 Å². The quantitative estimate of drug-likeness (QED) is 0.698. The summed E-state index contributed by atoms with van der Waals surface area (Å²) in [4.78, 5) is 10.5. The Morgan fingerprint density at radius 1 is 1.23 bits per heavy atom. The minimum absolute atomic E-state index is 0.391. The second-order valence-electron chi connectivity index (χ2n) is 6.19. The van der Waals surface area contributed by atoms with Gasteiger partial charge in [-0.25, -0.2) is 4.68 Å². The molecule has 1 N–H and O–H groups in total. The molecule has 26 heavy (non-hydrogen) atoms. The van der Waals surface area contributed by atoms with Crippen LogP contribution in [0.5, 0.6) is 5.75 Å². The number of aryl methyl sites for hydroxylation is 1. The number of hydrogen-bond donors (Lipinski definition) is 1. The number of hydrogen-bond acceptors (Lipinski definition) is 3. The van der Waals surface area contributed by atoms with E-state index in [1.54, 1.807) is 0 Å². The first-order valence-corrected chi connectivity index (χ1v) is 8.90. The predicted octanol–water partition coefficient (Wildman–Crippen LogP) is 3.76. The molecule has 1 aliphatic rings. The van der Waals surface area contributed by atoms with Gasteiger partial charge in [0.1, 0.15) is 5.75 Å². The first-order valence-electron chi connectivity index (χ1n) is 8.52. The van der Waals surface area contributed by atoms with Crippen molar-refractivity contribution in [2.75, 3.05) is 6.61 Å². The number of halogens is 1. The topological polar surface area (TPSA) is 56.2 Å². The van der Waals surface area contributed by atoms with Gasteiger partial charge in [0.05, 0.1) is 18.0 Å². The van der Waals surface area contributed by atoms with Gasteiger partial charge in [0.25, 0.3) is 0 Å². The summed E-state index contributed by atoms with van der Waals surface area (Å²) in [6, 6.07) is 13.8. The van der Waals surface area contributed by atoms with E-state index < -0.39 is 0 Å². The van der Waals surface area contributed by atoms with E-state index in [1.165, 1.54) is 5.56 Å². The molecule has 0 saturated heterocycles. The van der Waals surface area contributed by atoms with Gasteiger partial charge in [-0.15, -0.1) is 0 Å². The van der Waals surface area contributed by atoms with Gasteiger partial charge in [0.2, 0.25) is 6.41 Å². The smallest absolute Gasteiger partial charge is 0.207 e. The molecule has 0 atom stereocenters. The number of rotatable bonds is 5. The standard InChI is InChI=1S/C20H18ClN3O2/c21-18-5-3-14(10-16(18)12-22-13-25)19-7-8-24(23-19)17-4-6-20-15(11-17)2-1-9-26-20/h3-8,10-11,13H,1-2,9,12H2,(H,22,25). The van der Waals surface area contributed by atoms with E-state index in [2.05, 4.69) is 11.4 Å². The molecule has 5 nitrogen and oxygen atoms in total. The maximum absolute atomic E-state index is 10.5. The lowest BCUT2D eigenvalue weighted by Gasteiger charge is -2.17. The van der Waals surface area contributed by atoms with Crippen LogP contribution in [0.3, 0.4) is 0 Å². The number of carbonyl (C=O) groups is 1. The zero-order valence-corrected chi connectivity index (χ0v) is 14.9. The van der Waals surface area contributed by atoms with Crippen LogP contribution in [0.25, 0.3) is 16.9 Å². The lowest BCUT2D eigenvalue weighted by Crippen LogP contribution is -2.10. The van der Waals surface area contributed by atoms with Gasteiger partial charge < -0.3 is 10.1 Å². The lowest BCUT2D eigenvalue weighted by atomic mass is 10.1. The molecule has 0 fully saturated rings. The minimum Gasteiger partial charge on any atom is -0.493 e. The highest BCUT2D eigenvalue weighted by atomic mass is 35.5. The van der Waals surface area contributed by atoms with Crippen LogP contribution >= 0.6 is 11.6 Å². The van der Waals surface area contributed by atoms with Crippen LogP contribution < -0.4 is 10.1 Å². The third-order valence-corrected chi connectivity index (χ3v) is 4.83. The molecule has 0 saturated carbocycles. The van der Waals surface area contributed by atoms with Crippen LogP contribution in [-0.4, -0.2) is 22.8 Å². The van der Waals surface area contributed by atoms with Gasteiger partial charge >= 0.3 is 0 Å². The molecule has 0 bridgehead atoms. The number of amides is 1. The first kappa shape index (κ1) is 16.7. The van der Waals surface area contributed by atoms with E-state index in [1.807, 2.05) is 47.3 Å². The summed E-state index contributed by atoms with van der Waals surface area (Å²) in [5.74, 6) is 0.970. The fourth-order valence-electron chi connectivity index (χ4n) is 3.13. The van der Waals surface area contributed by atoms with Gasteiger partial charge in [0, 0.05) is 23.3 Å². The highest BCUT2D eigenvalue weighted by Gasteiger charge is 2.12. The first-order chi connectivity index (χ1) is 12.7. The van der Waals surface area contributed by atoms with E-state index in [0.717, 1.165) is 47.7 Å². The zero-order chi connectivity index (χ0) is 17.9. The van der Waals surface area contributed by atoms with Gasteiger partial charge in [0.15, 0.2) is 0 Å². The van der Waals surface area contributed by atoms with Crippen molar-refractivity contribution in [3.63, 3.8) is 0 Å². The van der Waals surface area contributed by atoms with Crippen molar-refractivity contribution in [2.24, 2.45) is 0 Å². The van der Waals surface area contributed by atoms with Gasteiger partial charge in [-0.3, -0.25) is 4.79 Å². The number of nitrogens with one attached hydrogen (secondary N) is 1. The number of fused-ring (bicyclic) bond motifs is 1. The Labute approximate surface area is 156 Å². The molecule has 0 unspecified atom stereocenters. The highest BCUT2D eigenvalue weighted by molar-refractivity contribution is 6.31. The van der Waals surface area contributed by atoms with E-state index in [9.17, 15) is 4.79 Å². The zero-order valence-electron chi connectivity index (χ0n) is 14.1. The van der Waals surface area contributed by atoms with Crippen molar-refractivity contribution in [1.82, 2.24) is 15.1 Å². The molecular formula is C20H18ClN3O2. The third kappa shape index (κ3) is 3.30. The molecule has 1 aliphatic heterocycles. The summed E-state index contributed by atoms with van der Waals surface area (Å²) in [5, 5.41) is 7.96. The Morgan fingerprint density at radius 2 is 2.15 bits per heavy atom. The number of ether oxygens (including phenoxy) is 1. The Morgan fingerprint density at radius 3 is 3.04 bits per heavy atom. The molecule has 0 spiro atoms. The highest BCUT2D eigenvalue weighted by Crippen LogP contribution is 2.28. The van der Waals surface area contributed by atoms with Crippen molar-refractivity contribution in [3.05, 3.63) is 64.8 Å². The molecule has 132 valence electrons. The average molecular weight is 368 g/mol.